The Hall–Kier alpha value is -1.82. The van der Waals surface area contributed by atoms with Crippen LogP contribution in [0.5, 0.6) is 0 Å². The molecule has 10 atom stereocenters. The number of allylic oxidation sites excluding steroid dienone is 3. The number of hydrogen-bond acceptors (Lipinski definition) is 11. The van der Waals surface area contributed by atoms with E-state index in [0.717, 1.165) is 37.7 Å². The molecule has 0 aromatic heterocycles. The molecular formula is C37H58O9S2. The van der Waals surface area contributed by atoms with Crippen LogP contribution in [0.1, 0.15) is 92.9 Å². The van der Waals surface area contributed by atoms with Gasteiger partial charge in [-0.05, 0) is 99.4 Å². The first-order valence-electron chi connectivity index (χ1n) is 17.5. The van der Waals surface area contributed by atoms with E-state index in [2.05, 4.69) is 53.7 Å². The van der Waals surface area contributed by atoms with E-state index in [0.29, 0.717) is 40.9 Å². The number of thiocarbonyl (C=S) groups is 1. The number of rotatable bonds is 12. The van der Waals surface area contributed by atoms with Crippen molar-refractivity contribution in [2.24, 2.45) is 40.4 Å². The maximum absolute atomic E-state index is 12.5. The number of ether oxygens (including phenoxy) is 7. The van der Waals surface area contributed by atoms with Gasteiger partial charge in [0.15, 0.2) is 0 Å². The lowest BCUT2D eigenvalue weighted by atomic mass is 9.49. The number of thioether (sulfide) groups is 1. The number of methoxy groups -OCH3 is 3. The molecule has 0 amide bonds. The standard InChI is InChI=1S/C37H58O9S2/c1-11-23(18-30(46-34(47)48-10)35(3,4)43-21-40-7)22(2)27-14-15-28-26-13-12-24-19-25(44-32(38)41-8)20-31(45-33(39)42-9)37(24,6)29(26)16-17-36(27,28)5/h12-13,22-23,25,27-31H,11,14-21H2,1-10H3/t22-,23-,25+,27+,28-,29?,30?,31-,36+,37-/m0/s1. The van der Waals surface area contributed by atoms with Gasteiger partial charge in [-0.3, -0.25) is 0 Å². The third-order valence-corrected chi connectivity index (χ3v) is 13.7. The summed E-state index contributed by atoms with van der Waals surface area (Å²) in [6.07, 6.45) is 11.2. The van der Waals surface area contributed by atoms with E-state index in [-0.39, 0.29) is 24.2 Å². The van der Waals surface area contributed by atoms with Gasteiger partial charge in [0, 0.05) is 25.4 Å². The van der Waals surface area contributed by atoms with Gasteiger partial charge in [0.05, 0.1) is 14.2 Å². The minimum atomic E-state index is -0.728. The summed E-state index contributed by atoms with van der Waals surface area (Å²) in [5.74, 6) is 2.12. The molecule has 4 rings (SSSR count). The molecule has 0 aromatic rings. The molecule has 0 N–H and O–H groups in total. The highest BCUT2D eigenvalue weighted by molar-refractivity contribution is 8.22. The SMILES string of the molecule is CC[C@@H](CC(OC(=S)SC)C(C)(C)OCOC)[C@H](C)[C@H]1CC[C@H]2C3=CC=C4C[C@@H](OC(=O)OC)C[C@H](OC(=O)OC)[C@]4(C)C3CC[C@]12C. The van der Waals surface area contributed by atoms with Crippen molar-refractivity contribution in [2.45, 2.75) is 117 Å². The van der Waals surface area contributed by atoms with Crippen LogP contribution in [0.2, 0.25) is 0 Å². The van der Waals surface area contributed by atoms with E-state index >= 15 is 0 Å². The average molecular weight is 711 g/mol. The molecule has 11 heteroatoms. The first-order valence-corrected chi connectivity index (χ1v) is 19.1. The molecule has 0 heterocycles. The van der Waals surface area contributed by atoms with E-state index in [1.54, 1.807) is 7.11 Å². The Bertz CT molecular complexity index is 1230. The first kappa shape index (κ1) is 39.0. The lowest BCUT2D eigenvalue weighted by molar-refractivity contribution is -0.160. The molecule has 9 nitrogen and oxygen atoms in total. The second kappa shape index (κ2) is 16.0. The van der Waals surface area contributed by atoms with Gasteiger partial charge in [-0.15, -0.1) is 0 Å². The summed E-state index contributed by atoms with van der Waals surface area (Å²) < 4.78 is 39.6. The van der Waals surface area contributed by atoms with Crippen LogP contribution in [-0.2, 0) is 33.2 Å². The summed E-state index contributed by atoms with van der Waals surface area (Å²) in [7, 11) is 4.26. The summed E-state index contributed by atoms with van der Waals surface area (Å²) in [5.41, 5.74) is 1.78. The molecule has 3 fully saturated rings. The topological polar surface area (TPSA) is 98.8 Å². The van der Waals surface area contributed by atoms with Crippen LogP contribution in [0.3, 0.4) is 0 Å². The normalized spacial score (nSPS) is 33.0. The van der Waals surface area contributed by atoms with E-state index in [1.807, 2.05) is 6.26 Å². The van der Waals surface area contributed by atoms with Gasteiger partial charge in [-0.25, -0.2) is 9.59 Å². The minimum absolute atomic E-state index is 0.147. The lowest BCUT2D eigenvalue weighted by Gasteiger charge is -2.57. The monoisotopic (exact) mass is 710 g/mol. The van der Waals surface area contributed by atoms with Crippen molar-refractivity contribution >= 4 is 40.7 Å². The second-order valence-corrected chi connectivity index (χ2v) is 16.6. The van der Waals surface area contributed by atoms with Gasteiger partial charge in [-0.1, -0.05) is 69.2 Å². The molecule has 4 aliphatic rings. The van der Waals surface area contributed by atoms with Crippen molar-refractivity contribution in [2.75, 3.05) is 34.4 Å². The smallest absolute Gasteiger partial charge is 0.472 e. The van der Waals surface area contributed by atoms with Crippen LogP contribution in [0.4, 0.5) is 9.59 Å². The summed E-state index contributed by atoms with van der Waals surface area (Å²) >= 11 is 6.97. The van der Waals surface area contributed by atoms with Gasteiger partial charge in [0.2, 0.25) is 4.38 Å². The summed E-state index contributed by atoms with van der Waals surface area (Å²) in [4.78, 5) is 24.5. The molecule has 48 heavy (non-hydrogen) atoms. The van der Waals surface area contributed by atoms with E-state index < -0.39 is 35.5 Å². The minimum Gasteiger partial charge on any atom is -0.472 e. The van der Waals surface area contributed by atoms with Crippen molar-refractivity contribution in [1.29, 1.82) is 0 Å². The number of carbonyl (C=O) groups is 2. The Balaban J connectivity index is 1.60. The van der Waals surface area contributed by atoms with Crippen molar-refractivity contribution in [3.05, 3.63) is 23.3 Å². The maximum Gasteiger partial charge on any atom is 0.508 e. The number of carbonyl (C=O) groups excluding carboxylic acids is 2. The molecule has 0 aromatic carbocycles. The van der Waals surface area contributed by atoms with Crippen LogP contribution in [0.15, 0.2) is 23.3 Å². The van der Waals surface area contributed by atoms with Crippen LogP contribution in [0, 0.1) is 40.4 Å². The summed E-state index contributed by atoms with van der Waals surface area (Å²) in [6.45, 7) is 13.8. The quantitative estimate of drug-likeness (QED) is 0.110. The van der Waals surface area contributed by atoms with Crippen LogP contribution >= 0.6 is 24.0 Å². The van der Waals surface area contributed by atoms with Gasteiger partial charge in [0.1, 0.15) is 30.7 Å². The van der Waals surface area contributed by atoms with Crippen LogP contribution < -0.4 is 0 Å². The second-order valence-electron chi connectivity index (χ2n) is 15.1. The Morgan fingerprint density at radius 2 is 1.73 bits per heavy atom. The van der Waals surface area contributed by atoms with Crippen LogP contribution in [-0.4, -0.2) is 75.0 Å². The molecule has 0 radical (unpaired) electrons. The van der Waals surface area contributed by atoms with Gasteiger partial charge < -0.3 is 33.2 Å². The molecular weight excluding hydrogens is 653 g/mol. The van der Waals surface area contributed by atoms with E-state index in [1.165, 1.54) is 38.0 Å². The van der Waals surface area contributed by atoms with Crippen LogP contribution in [0.25, 0.3) is 0 Å². The molecule has 2 unspecified atom stereocenters. The highest BCUT2D eigenvalue weighted by atomic mass is 32.2. The summed E-state index contributed by atoms with van der Waals surface area (Å²) in [5, 5.41) is 0. The van der Waals surface area contributed by atoms with Gasteiger partial charge >= 0.3 is 12.3 Å². The molecule has 0 spiro atoms. The molecule has 3 saturated carbocycles. The predicted octanol–water partition coefficient (Wildman–Crippen LogP) is 8.88. The zero-order chi connectivity index (χ0) is 35.4. The van der Waals surface area contributed by atoms with Crippen molar-refractivity contribution < 1.29 is 42.7 Å². The first-order chi connectivity index (χ1) is 22.7. The largest absolute Gasteiger partial charge is 0.508 e. The zero-order valence-electron chi connectivity index (χ0n) is 30.6. The molecule has 272 valence electrons. The highest BCUT2D eigenvalue weighted by Crippen LogP contribution is 2.67. The Labute approximate surface area is 297 Å². The third-order valence-electron chi connectivity index (χ3n) is 12.7. The molecule has 0 bridgehead atoms. The molecule has 0 saturated heterocycles. The Kier molecular flexibility index (Phi) is 13.0. The van der Waals surface area contributed by atoms with E-state index in [9.17, 15) is 9.59 Å². The fourth-order valence-electron chi connectivity index (χ4n) is 9.82. The van der Waals surface area contributed by atoms with Crippen molar-refractivity contribution in [1.82, 2.24) is 0 Å². The van der Waals surface area contributed by atoms with Crippen molar-refractivity contribution in [3.63, 3.8) is 0 Å². The van der Waals surface area contributed by atoms with E-state index in [4.69, 9.17) is 45.4 Å². The Morgan fingerprint density at radius 3 is 2.35 bits per heavy atom. The number of fused-ring (bicyclic) bond motifs is 5. The molecule has 0 aliphatic heterocycles. The Morgan fingerprint density at radius 1 is 1.04 bits per heavy atom. The fourth-order valence-corrected chi connectivity index (χ4v) is 10.1. The fraction of sp³-hybridized carbons (Fsp3) is 0.811. The number of hydrogen-bond donors (Lipinski definition) is 0. The predicted molar refractivity (Wildman–Crippen MR) is 191 cm³/mol. The summed E-state index contributed by atoms with van der Waals surface area (Å²) in [6, 6.07) is 0. The lowest BCUT2D eigenvalue weighted by Crippen LogP contribution is -2.54. The average Bonchev–Trinajstić information content (AvgIpc) is 3.42. The highest BCUT2D eigenvalue weighted by Gasteiger charge is 2.60. The van der Waals surface area contributed by atoms with Gasteiger partial charge in [0.25, 0.3) is 0 Å². The van der Waals surface area contributed by atoms with Gasteiger partial charge in [-0.2, -0.15) is 0 Å². The third kappa shape index (κ3) is 7.74. The zero-order valence-corrected chi connectivity index (χ0v) is 32.3. The van der Waals surface area contributed by atoms with Crippen molar-refractivity contribution in [3.8, 4) is 0 Å². The maximum atomic E-state index is 12.5. The molecule has 4 aliphatic carbocycles.